The number of amides is 1. The first-order chi connectivity index (χ1) is 8.97. The molecule has 0 atom stereocenters. The normalized spacial score (nSPS) is 10.3. The van der Waals surface area contributed by atoms with Crippen molar-refractivity contribution in [1.82, 2.24) is 0 Å². The highest BCUT2D eigenvalue weighted by molar-refractivity contribution is 9.10. The second-order valence-electron chi connectivity index (χ2n) is 3.82. The summed E-state index contributed by atoms with van der Waals surface area (Å²) in [5.74, 6) is -2.08. The SMILES string of the molecule is Nc1ccc(Br)c(C(=O)Nc2ccc(F)cc2F)c1. The van der Waals surface area contributed by atoms with Crippen LogP contribution in [0.2, 0.25) is 0 Å². The summed E-state index contributed by atoms with van der Waals surface area (Å²) in [4.78, 5) is 12.0. The number of carbonyl (C=O) groups excluding carboxylic acids is 1. The van der Waals surface area contributed by atoms with Crippen LogP contribution in [-0.2, 0) is 0 Å². The molecule has 3 N–H and O–H groups in total. The van der Waals surface area contributed by atoms with Crippen LogP contribution in [0.25, 0.3) is 0 Å². The van der Waals surface area contributed by atoms with Crippen molar-refractivity contribution < 1.29 is 13.6 Å². The quantitative estimate of drug-likeness (QED) is 0.829. The van der Waals surface area contributed by atoms with Gasteiger partial charge in [0, 0.05) is 16.2 Å². The molecule has 3 nitrogen and oxygen atoms in total. The van der Waals surface area contributed by atoms with E-state index in [4.69, 9.17) is 5.73 Å². The van der Waals surface area contributed by atoms with E-state index in [0.717, 1.165) is 12.1 Å². The van der Waals surface area contributed by atoms with Gasteiger partial charge in [0.25, 0.3) is 5.91 Å². The molecule has 0 bridgehead atoms. The molecule has 19 heavy (non-hydrogen) atoms. The molecule has 0 aliphatic rings. The first kappa shape index (κ1) is 13.5. The largest absolute Gasteiger partial charge is 0.399 e. The third-order valence-electron chi connectivity index (χ3n) is 2.41. The van der Waals surface area contributed by atoms with Gasteiger partial charge in [-0.05, 0) is 46.3 Å². The summed E-state index contributed by atoms with van der Waals surface area (Å²) in [6, 6.07) is 7.62. The third kappa shape index (κ3) is 3.08. The molecule has 2 aromatic rings. The highest BCUT2D eigenvalue weighted by Gasteiger charge is 2.13. The van der Waals surface area contributed by atoms with E-state index in [1.807, 2.05) is 0 Å². The van der Waals surface area contributed by atoms with E-state index in [1.165, 1.54) is 6.07 Å². The van der Waals surface area contributed by atoms with Gasteiger partial charge in [-0.2, -0.15) is 0 Å². The molecule has 0 heterocycles. The predicted molar refractivity (Wildman–Crippen MR) is 72.9 cm³/mol. The zero-order valence-corrected chi connectivity index (χ0v) is 11.2. The molecule has 0 spiro atoms. The predicted octanol–water partition coefficient (Wildman–Crippen LogP) is 3.56. The van der Waals surface area contributed by atoms with Crippen molar-refractivity contribution in [2.45, 2.75) is 0 Å². The molecule has 0 aliphatic heterocycles. The minimum absolute atomic E-state index is 0.0966. The first-order valence-electron chi connectivity index (χ1n) is 5.29. The maximum atomic E-state index is 13.4. The summed E-state index contributed by atoms with van der Waals surface area (Å²) < 4.78 is 26.7. The highest BCUT2D eigenvalue weighted by atomic mass is 79.9. The van der Waals surface area contributed by atoms with Crippen LogP contribution in [0.3, 0.4) is 0 Å². The number of rotatable bonds is 2. The van der Waals surface area contributed by atoms with Crippen molar-refractivity contribution in [3.63, 3.8) is 0 Å². The molecule has 0 unspecified atom stereocenters. The van der Waals surface area contributed by atoms with Crippen LogP contribution < -0.4 is 11.1 Å². The van der Waals surface area contributed by atoms with Gasteiger partial charge in [-0.3, -0.25) is 4.79 Å². The topological polar surface area (TPSA) is 55.1 Å². The van der Waals surface area contributed by atoms with E-state index in [1.54, 1.807) is 12.1 Å². The molecule has 0 aliphatic carbocycles. The van der Waals surface area contributed by atoms with E-state index >= 15 is 0 Å². The number of halogens is 3. The average molecular weight is 327 g/mol. The lowest BCUT2D eigenvalue weighted by Gasteiger charge is -2.08. The van der Waals surface area contributed by atoms with Gasteiger partial charge in [-0.15, -0.1) is 0 Å². The number of nitrogen functional groups attached to an aromatic ring is 1. The van der Waals surface area contributed by atoms with Crippen LogP contribution in [0.15, 0.2) is 40.9 Å². The number of nitrogens with one attached hydrogen (secondary N) is 1. The highest BCUT2D eigenvalue weighted by Crippen LogP contribution is 2.22. The summed E-state index contributed by atoms with van der Waals surface area (Å²) >= 11 is 3.20. The Bertz CT molecular complexity index is 647. The molecule has 2 aromatic carbocycles. The Balaban J connectivity index is 2.28. The fourth-order valence-electron chi connectivity index (χ4n) is 1.50. The van der Waals surface area contributed by atoms with E-state index < -0.39 is 17.5 Å². The third-order valence-corrected chi connectivity index (χ3v) is 3.11. The maximum absolute atomic E-state index is 13.4. The fourth-order valence-corrected chi connectivity index (χ4v) is 1.92. The smallest absolute Gasteiger partial charge is 0.256 e. The Morgan fingerprint density at radius 3 is 2.58 bits per heavy atom. The minimum atomic E-state index is -0.839. The monoisotopic (exact) mass is 326 g/mol. The summed E-state index contributed by atoms with van der Waals surface area (Å²) in [6.07, 6.45) is 0. The zero-order chi connectivity index (χ0) is 14.0. The number of hydrogen-bond acceptors (Lipinski definition) is 2. The van der Waals surface area contributed by atoms with Crippen molar-refractivity contribution in [3.05, 3.63) is 58.1 Å². The Labute approximate surface area is 116 Å². The molecule has 98 valence electrons. The van der Waals surface area contributed by atoms with Crippen LogP contribution in [0.5, 0.6) is 0 Å². The number of carbonyl (C=O) groups is 1. The molecule has 1 amide bonds. The number of hydrogen-bond donors (Lipinski definition) is 2. The van der Waals surface area contributed by atoms with E-state index in [0.29, 0.717) is 16.2 Å². The van der Waals surface area contributed by atoms with Gasteiger partial charge in [-0.1, -0.05) is 0 Å². The van der Waals surface area contributed by atoms with Crippen LogP contribution in [0, 0.1) is 11.6 Å². The Morgan fingerprint density at radius 1 is 1.16 bits per heavy atom. The van der Waals surface area contributed by atoms with Crippen molar-refractivity contribution in [2.24, 2.45) is 0 Å². The fraction of sp³-hybridized carbons (Fsp3) is 0. The van der Waals surface area contributed by atoms with Gasteiger partial charge in [0.15, 0.2) is 0 Å². The molecule has 6 heteroatoms. The lowest BCUT2D eigenvalue weighted by Crippen LogP contribution is -2.14. The molecule has 0 saturated heterocycles. The molecule has 0 saturated carbocycles. The van der Waals surface area contributed by atoms with Gasteiger partial charge in [-0.25, -0.2) is 8.78 Å². The number of benzene rings is 2. The zero-order valence-electron chi connectivity index (χ0n) is 9.58. The van der Waals surface area contributed by atoms with Crippen molar-refractivity contribution in [1.29, 1.82) is 0 Å². The van der Waals surface area contributed by atoms with Crippen molar-refractivity contribution in [2.75, 3.05) is 11.1 Å². The minimum Gasteiger partial charge on any atom is -0.399 e. The Morgan fingerprint density at radius 2 is 1.89 bits per heavy atom. The van der Waals surface area contributed by atoms with Gasteiger partial charge in [0.05, 0.1) is 11.3 Å². The van der Waals surface area contributed by atoms with E-state index in [9.17, 15) is 13.6 Å². The second-order valence-corrected chi connectivity index (χ2v) is 4.67. The van der Waals surface area contributed by atoms with E-state index in [-0.39, 0.29) is 11.3 Å². The van der Waals surface area contributed by atoms with Crippen molar-refractivity contribution in [3.8, 4) is 0 Å². The lowest BCUT2D eigenvalue weighted by molar-refractivity contribution is 0.102. The van der Waals surface area contributed by atoms with Gasteiger partial charge < -0.3 is 11.1 Å². The van der Waals surface area contributed by atoms with Crippen LogP contribution in [-0.4, -0.2) is 5.91 Å². The Hall–Kier alpha value is -1.95. The lowest BCUT2D eigenvalue weighted by atomic mass is 10.2. The average Bonchev–Trinajstić information content (AvgIpc) is 2.35. The molecular formula is C13H9BrF2N2O. The van der Waals surface area contributed by atoms with Crippen LogP contribution in [0.4, 0.5) is 20.2 Å². The van der Waals surface area contributed by atoms with Crippen LogP contribution in [0.1, 0.15) is 10.4 Å². The van der Waals surface area contributed by atoms with Crippen LogP contribution >= 0.6 is 15.9 Å². The summed E-state index contributed by atoms with van der Waals surface area (Å²) in [7, 11) is 0. The molecular weight excluding hydrogens is 318 g/mol. The maximum Gasteiger partial charge on any atom is 0.256 e. The molecule has 0 radical (unpaired) electrons. The summed E-state index contributed by atoms with van der Waals surface area (Å²) in [5, 5.41) is 2.36. The summed E-state index contributed by atoms with van der Waals surface area (Å²) in [6.45, 7) is 0. The standard InChI is InChI=1S/C13H9BrF2N2O/c14-10-3-2-8(17)6-9(10)13(19)18-12-4-1-7(15)5-11(12)16/h1-6H,17H2,(H,18,19). The molecule has 0 aromatic heterocycles. The number of nitrogens with two attached hydrogens (primary N) is 1. The molecule has 0 fully saturated rings. The molecule has 2 rings (SSSR count). The summed E-state index contributed by atoms with van der Waals surface area (Å²) in [5.41, 5.74) is 6.16. The Kier molecular flexibility index (Phi) is 3.80. The van der Waals surface area contributed by atoms with E-state index in [2.05, 4.69) is 21.2 Å². The second kappa shape index (κ2) is 5.36. The van der Waals surface area contributed by atoms with Gasteiger partial charge in [0.2, 0.25) is 0 Å². The van der Waals surface area contributed by atoms with Gasteiger partial charge in [0.1, 0.15) is 11.6 Å². The first-order valence-corrected chi connectivity index (χ1v) is 6.08. The van der Waals surface area contributed by atoms with Gasteiger partial charge >= 0.3 is 0 Å². The van der Waals surface area contributed by atoms with Crippen molar-refractivity contribution >= 4 is 33.2 Å². The number of anilines is 2.